The Labute approximate surface area is 121 Å². The number of benzene rings is 1. The smallest absolute Gasteiger partial charge is 0.358 e. The van der Waals surface area contributed by atoms with Crippen LogP contribution in [0.1, 0.15) is 21.1 Å². The Morgan fingerprint density at radius 3 is 2.70 bits per heavy atom. The highest BCUT2D eigenvalue weighted by Gasteiger charge is 2.13. The number of carbonyl (C=O) groups is 1. The average molecular weight is 293 g/mol. The van der Waals surface area contributed by atoms with E-state index in [1.54, 1.807) is 37.8 Å². The number of ether oxygens (including phenoxy) is 3. The minimum Gasteiger partial charge on any atom is -0.497 e. The molecule has 0 N–H and O–H groups in total. The second-order valence-electron chi connectivity index (χ2n) is 4.01. The van der Waals surface area contributed by atoms with Crippen LogP contribution in [0.2, 0.25) is 0 Å². The first kappa shape index (κ1) is 14.3. The van der Waals surface area contributed by atoms with Crippen molar-refractivity contribution < 1.29 is 19.0 Å². The van der Waals surface area contributed by atoms with Gasteiger partial charge in [0.25, 0.3) is 0 Å². The molecule has 2 aromatic rings. The average Bonchev–Trinajstić information content (AvgIpc) is 2.91. The van der Waals surface area contributed by atoms with Crippen molar-refractivity contribution in [1.82, 2.24) is 4.98 Å². The van der Waals surface area contributed by atoms with E-state index in [4.69, 9.17) is 14.2 Å². The van der Waals surface area contributed by atoms with Gasteiger partial charge >= 0.3 is 5.97 Å². The second kappa shape index (κ2) is 6.38. The van der Waals surface area contributed by atoms with E-state index >= 15 is 0 Å². The topological polar surface area (TPSA) is 57.7 Å². The molecule has 1 aromatic carbocycles. The Bertz CT molecular complexity index is 609. The maximum Gasteiger partial charge on any atom is 0.358 e. The van der Waals surface area contributed by atoms with Crippen LogP contribution in [-0.2, 0) is 11.3 Å². The van der Waals surface area contributed by atoms with Crippen LogP contribution in [0.3, 0.4) is 0 Å². The summed E-state index contributed by atoms with van der Waals surface area (Å²) < 4.78 is 15.6. The highest BCUT2D eigenvalue weighted by atomic mass is 32.1. The van der Waals surface area contributed by atoms with Gasteiger partial charge in [0.2, 0.25) is 0 Å². The number of carbonyl (C=O) groups excluding carboxylic acids is 1. The van der Waals surface area contributed by atoms with Crippen LogP contribution in [0.25, 0.3) is 0 Å². The van der Waals surface area contributed by atoms with Crippen LogP contribution in [0, 0.1) is 6.92 Å². The number of nitrogens with zero attached hydrogens (tertiary/aromatic N) is 1. The zero-order valence-corrected chi connectivity index (χ0v) is 12.3. The predicted octanol–water partition coefficient (Wildman–Crippen LogP) is 2.83. The van der Waals surface area contributed by atoms with E-state index in [0.717, 1.165) is 10.6 Å². The highest BCUT2D eigenvalue weighted by Crippen LogP contribution is 2.25. The number of methoxy groups -OCH3 is 2. The molecule has 0 atom stereocenters. The van der Waals surface area contributed by atoms with Gasteiger partial charge < -0.3 is 14.2 Å². The minimum atomic E-state index is -0.445. The van der Waals surface area contributed by atoms with E-state index < -0.39 is 5.97 Å². The third-order valence-corrected chi connectivity index (χ3v) is 3.45. The molecule has 0 aliphatic rings. The summed E-state index contributed by atoms with van der Waals surface area (Å²) >= 11 is 1.41. The van der Waals surface area contributed by atoms with Crippen molar-refractivity contribution >= 4 is 17.3 Å². The van der Waals surface area contributed by atoms with Gasteiger partial charge in [-0.3, -0.25) is 0 Å². The zero-order valence-electron chi connectivity index (χ0n) is 11.5. The van der Waals surface area contributed by atoms with Gasteiger partial charge in [-0.1, -0.05) is 0 Å². The SMILES string of the molecule is COc1ccc(OC)c(COC(=O)c2csc(C)n2)c1. The lowest BCUT2D eigenvalue weighted by molar-refractivity contribution is 0.0463. The number of esters is 1. The molecule has 6 heteroatoms. The molecule has 20 heavy (non-hydrogen) atoms. The fourth-order valence-electron chi connectivity index (χ4n) is 1.67. The Morgan fingerprint density at radius 1 is 1.30 bits per heavy atom. The van der Waals surface area contributed by atoms with Crippen molar-refractivity contribution in [2.75, 3.05) is 14.2 Å². The number of aryl methyl sites for hydroxylation is 1. The standard InChI is InChI=1S/C14H15NO4S/c1-9-15-12(8-20-9)14(16)19-7-10-6-11(17-2)4-5-13(10)18-3/h4-6,8H,7H2,1-3H3. The Kier molecular flexibility index (Phi) is 4.57. The van der Waals surface area contributed by atoms with Gasteiger partial charge in [-0.15, -0.1) is 11.3 Å². The van der Waals surface area contributed by atoms with Gasteiger partial charge in [0.05, 0.1) is 19.2 Å². The first-order valence-electron chi connectivity index (χ1n) is 5.94. The molecular formula is C14H15NO4S. The number of rotatable bonds is 5. The summed E-state index contributed by atoms with van der Waals surface area (Å²) in [5, 5.41) is 2.51. The molecule has 0 saturated carbocycles. The van der Waals surface area contributed by atoms with E-state index in [0.29, 0.717) is 17.2 Å². The molecule has 0 bridgehead atoms. The first-order valence-corrected chi connectivity index (χ1v) is 6.82. The quantitative estimate of drug-likeness (QED) is 0.793. The normalized spacial score (nSPS) is 10.2. The van der Waals surface area contributed by atoms with Crippen LogP contribution < -0.4 is 9.47 Å². The van der Waals surface area contributed by atoms with Crippen molar-refractivity contribution in [3.8, 4) is 11.5 Å². The highest BCUT2D eigenvalue weighted by molar-refractivity contribution is 7.09. The number of hydrogen-bond acceptors (Lipinski definition) is 6. The lowest BCUT2D eigenvalue weighted by Gasteiger charge is -2.10. The summed E-state index contributed by atoms with van der Waals surface area (Å²) in [5.41, 5.74) is 1.07. The molecular weight excluding hydrogens is 278 g/mol. The van der Waals surface area contributed by atoms with Crippen LogP contribution in [0.5, 0.6) is 11.5 Å². The Morgan fingerprint density at radius 2 is 2.10 bits per heavy atom. The molecule has 0 radical (unpaired) electrons. The fraction of sp³-hybridized carbons (Fsp3) is 0.286. The lowest BCUT2D eigenvalue weighted by Crippen LogP contribution is -2.06. The van der Waals surface area contributed by atoms with E-state index in [1.165, 1.54) is 11.3 Å². The van der Waals surface area contributed by atoms with Crippen LogP contribution in [0.4, 0.5) is 0 Å². The molecule has 2 rings (SSSR count). The van der Waals surface area contributed by atoms with Crippen molar-refractivity contribution in [3.05, 3.63) is 39.8 Å². The summed E-state index contributed by atoms with van der Waals surface area (Å²) in [5.74, 6) is 0.883. The van der Waals surface area contributed by atoms with Gasteiger partial charge in [-0.25, -0.2) is 9.78 Å². The van der Waals surface area contributed by atoms with E-state index in [1.807, 2.05) is 6.92 Å². The molecule has 106 valence electrons. The molecule has 0 aliphatic heterocycles. The molecule has 0 unspecified atom stereocenters. The summed E-state index contributed by atoms with van der Waals surface area (Å²) in [6.07, 6.45) is 0. The zero-order chi connectivity index (χ0) is 14.5. The van der Waals surface area contributed by atoms with Crippen molar-refractivity contribution in [2.24, 2.45) is 0 Å². The molecule has 0 aliphatic carbocycles. The summed E-state index contributed by atoms with van der Waals surface area (Å²) in [7, 11) is 3.15. The number of thiazole rings is 1. The molecule has 0 saturated heterocycles. The second-order valence-corrected chi connectivity index (χ2v) is 5.07. The van der Waals surface area contributed by atoms with Gasteiger partial charge in [0.1, 0.15) is 18.1 Å². The molecule has 1 aromatic heterocycles. The summed E-state index contributed by atoms with van der Waals surface area (Å²) in [4.78, 5) is 15.9. The maximum absolute atomic E-state index is 11.8. The minimum absolute atomic E-state index is 0.107. The summed E-state index contributed by atoms with van der Waals surface area (Å²) in [6.45, 7) is 1.95. The largest absolute Gasteiger partial charge is 0.497 e. The van der Waals surface area contributed by atoms with Crippen molar-refractivity contribution in [3.63, 3.8) is 0 Å². The first-order chi connectivity index (χ1) is 9.63. The molecule has 0 fully saturated rings. The third-order valence-electron chi connectivity index (χ3n) is 2.67. The van der Waals surface area contributed by atoms with E-state index in [9.17, 15) is 4.79 Å². The lowest BCUT2D eigenvalue weighted by atomic mass is 10.2. The monoisotopic (exact) mass is 293 g/mol. The van der Waals surface area contributed by atoms with Crippen molar-refractivity contribution in [1.29, 1.82) is 0 Å². The van der Waals surface area contributed by atoms with E-state index in [-0.39, 0.29) is 6.61 Å². The van der Waals surface area contributed by atoms with Crippen molar-refractivity contribution in [2.45, 2.75) is 13.5 Å². The predicted molar refractivity (Wildman–Crippen MR) is 75.5 cm³/mol. The van der Waals surface area contributed by atoms with Gasteiger partial charge in [0.15, 0.2) is 5.69 Å². The fourth-order valence-corrected chi connectivity index (χ4v) is 2.25. The van der Waals surface area contributed by atoms with E-state index in [2.05, 4.69) is 4.98 Å². The summed E-state index contributed by atoms with van der Waals surface area (Å²) in [6, 6.07) is 5.33. The van der Waals surface area contributed by atoms with Crippen LogP contribution in [0.15, 0.2) is 23.6 Å². The number of aromatic nitrogens is 1. The van der Waals surface area contributed by atoms with Crippen LogP contribution >= 0.6 is 11.3 Å². The molecule has 0 amide bonds. The number of hydrogen-bond donors (Lipinski definition) is 0. The Balaban J connectivity index is 2.08. The molecule has 5 nitrogen and oxygen atoms in total. The van der Waals surface area contributed by atoms with Crippen LogP contribution in [-0.4, -0.2) is 25.2 Å². The third kappa shape index (κ3) is 3.27. The van der Waals surface area contributed by atoms with Gasteiger partial charge in [-0.05, 0) is 25.1 Å². The molecule has 0 spiro atoms. The van der Waals surface area contributed by atoms with Gasteiger partial charge in [-0.2, -0.15) is 0 Å². The Hall–Kier alpha value is -2.08. The molecule has 1 heterocycles. The van der Waals surface area contributed by atoms with Gasteiger partial charge in [0, 0.05) is 10.9 Å². The maximum atomic E-state index is 11.8.